The molecule has 7 heteroatoms. The SMILES string of the molecule is CC(C)(C)OC(=O)C[C@H](NC(=O)C1CCCNC1)C(=O)O. The van der Waals surface area contributed by atoms with Crippen molar-refractivity contribution in [1.82, 2.24) is 10.6 Å². The van der Waals surface area contributed by atoms with Gasteiger partial charge in [-0.3, -0.25) is 9.59 Å². The van der Waals surface area contributed by atoms with Crippen LogP contribution < -0.4 is 10.6 Å². The second-order valence-corrected chi connectivity index (χ2v) is 6.23. The summed E-state index contributed by atoms with van der Waals surface area (Å²) in [7, 11) is 0. The first-order valence-corrected chi connectivity index (χ1v) is 7.15. The van der Waals surface area contributed by atoms with Gasteiger partial charge in [0.1, 0.15) is 11.6 Å². The highest BCUT2D eigenvalue weighted by Gasteiger charge is 2.29. The topological polar surface area (TPSA) is 105 Å². The van der Waals surface area contributed by atoms with Crippen LogP contribution in [0, 0.1) is 5.92 Å². The first-order chi connectivity index (χ1) is 9.69. The van der Waals surface area contributed by atoms with Crippen molar-refractivity contribution in [1.29, 1.82) is 0 Å². The summed E-state index contributed by atoms with van der Waals surface area (Å²) in [5.74, 6) is -2.47. The molecule has 2 atom stereocenters. The molecule has 1 unspecified atom stereocenters. The molecule has 0 spiro atoms. The van der Waals surface area contributed by atoms with Gasteiger partial charge in [-0.15, -0.1) is 0 Å². The lowest BCUT2D eigenvalue weighted by Crippen LogP contribution is -2.48. The lowest BCUT2D eigenvalue weighted by molar-refractivity contribution is -0.158. The van der Waals surface area contributed by atoms with Crippen molar-refractivity contribution in [2.24, 2.45) is 5.92 Å². The van der Waals surface area contributed by atoms with E-state index in [1.165, 1.54) is 0 Å². The van der Waals surface area contributed by atoms with Gasteiger partial charge < -0.3 is 20.5 Å². The molecule has 1 aliphatic heterocycles. The van der Waals surface area contributed by atoms with Crippen molar-refractivity contribution >= 4 is 17.8 Å². The molecular weight excluding hydrogens is 276 g/mol. The molecule has 1 amide bonds. The normalized spacial score (nSPS) is 20.4. The number of nitrogens with one attached hydrogen (secondary N) is 2. The van der Waals surface area contributed by atoms with Gasteiger partial charge in [0.15, 0.2) is 0 Å². The van der Waals surface area contributed by atoms with Crippen LogP contribution in [-0.4, -0.2) is 47.7 Å². The smallest absolute Gasteiger partial charge is 0.326 e. The van der Waals surface area contributed by atoms with Gasteiger partial charge in [0.2, 0.25) is 5.91 Å². The molecule has 0 saturated carbocycles. The Labute approximate surface area is 124 Å². The Morgan fingerprint density at radius 2 is 2.05 bits per heavy atom. The van der Waals surface area contributed by atoms with Crippen molar-refractivity contribution in [2.75, 3.05) is 13.1 Å². The molecule has 1 aliphatic rings. The number of rotatable bonds is 5. The van der Waals surface area contributed by atoms with Crippen LogP contribution in [0.2, 0.25) is 0 Å². The maximum absolute atomic E-state index is 12.0. The highest BCUT2D eigenvalue weighted by Crippen LogP contribution is 2.12. The fourth-order valence-electron chi connectivity index (χ4n) is 2.12. The van der Waals surface area contributed by atoms with E-state index >= 15 is 0 Å². The molecule has 3 N–H and O–H groups in total. The van der Waals surface area contributed by atoms with Gasteiger partial charge in [-0.05, 0) is 40.2 Å². The molecule has 120 valence electrons. The number of piperidine rings is 1. The zero-order valence-electron chi connectivity index (χ0n) is 12.8. The summed E-state index contributed by atoms with van der Waals surface area (Å²) in [6.45, 7) is 6.50. The van der Waals surface area contributed by atoms with Crippen molar-refractivity contribution in [2.45, 2.75) is 51.7 Å². The largest absolute Gasteiger partial charge is 0.480 e. The molecule has 0 aromatic rings. The van der Waals surface area contributed by atoms with Crippen molar-refractivity contribution in [3.05, 3.63) is 0 Å². The van der Waals surface area contributed by atoms with Crippen molar-refractivity contribution in [3.8, 4) is 0 Å². The number of carboxylic acids is 1. The van der Waals surface area contributed by atoms with Crippen LogP contribution >= 0.6 is 0 Å². The standard InChI is InChI=1S/C14H24N2O5/c1-14(2,3)21-11(17)7-10(13(19)20)16-12(18)9-5-4-6-15-8-9/h9-10,15H,4-8H2,1-3H3,(H,16,18)(H,19,20)/t9?,10-/m0/s1. The molecule has 1 heterocycles. The molecule has 0 radical (unpaired) electrons. The molecule has 21 heavy (non-hydrogen) atoms. The van der Waals surface area contributed by atoms with Gasteiger partial charge in [-0.25, -0.2) is 4.79 Å². The Kier molecular flexibility index (Phi) is 6.14. The van der Waals surface area contributed by atoms with E-state index < -0.39 is 23.6 Å². The maximum Gasteiger partial charge on any atom is 0.326 e. The number of hydrogen-bond acceptors (Lipinski definition) is 5. The number of hydrogen-bond donors (Lipinski definition) is 3. The molecule has 0 aromatic heterocycles. The van der Waals surface area contributed by atoms with E-state index in [-0.39, 0.29) is 18.2 Å². The van der Waals surface area contributed by atoms with Crippen LogP contribution in [0.4, 0.5) is 0 Å². The quantitative estimate of drug-likeness (QED) is 0.630. The van der Waals surface area contributed by atoms with E-state index in [1.807, 2.05) is 0 Å². The molecule has 0 aliphatic carbocycles. The number of carbonyl (C=O) groups excluding carboxylic acids is 2. The number of ether oxygens (including phenoxy) is 1. The average Bonchev–Trinajstić information content (AvgIpc) is 2.36. The summed E-state index contributed by atoms with van der Waals surface area (Å²) in [6.07, 6.45) is 1.22. The third kappa shape index (κ3) is 6.57. The lowest BCUT2D eigenvalue weighted by Gasteiger charge is -2.24. The minimum Gasteiger partial charge on any atom is -0.480 e. The van der Waals surface area contributed by atoms with Crippen LogP contribution in [0.3, 0.4) is 0 Å². The predicted octanol–water partition coefficient (Wildman–Crippen LogP) is 0.287. The lowest BCUT2D eigenvalue weighted by atomic mass is 9.98. The van der Waals surface area contributed by atoms with E-state index in [9.17, 15) is 14.4 Å². The van der Waals surface area contributed by atoms with Crippen LogP contribution in [0.1, 0.15) is 40.0 Å². The summed E-state index contributed by atoms with van der Waals surface area (Å²) >= 11 is 0. The highest BCUT2D eigenvalue weighted by molar-refractivity contribution is 5.88. The van der Waals surface area contributed by atoms with Crippen molar-refractivity contribution < 1.29 is 24.2 Å². The van der Waals surface area contributed by atoms with Gasteiger partial charge in [0.25, 0.3) is 0 Å². The van der Waals surface area contributed by atoms with Crippen LogP contribution in [-0.2, 0) is 19.1 Å². The summed E-state index contributed by atoms with van der Waals surface area (Å²) in [6, 6.07) is -1.26. The van der Waals surface area contributed by atoms with Crippen LogP contribution in [0.5, 0.6) is 0 Å². The highest BCUT2D eigenvalue weighted by atomic mass is 16.6. The van der Waals surface area contributed by atoms with Gasteiger partial charge in [0, 0.05) is 6.54 Å². The number of amides is 1. The summed E-state index contributed by atoms with van der Waals surface area (Å²) < 4.78 is 5.08. The maximum atomic E-state index is 12.0. The van der Waals surface area contributed by atoms with E-state index in [0.717, 1.165) is 19.4 Å². The molecular formula is C14H24N2O5. The minimum absolute atomic E-state index is 0.251. The monoisotopic (exact) mass is 300 g/mol. The van der Waals surface area contributed by atoms with Gasteiger partial charge >= 0.3 is 11.9 Å². The molecule has 1 rings (SSSR count). The summed E-state index contributed by atoms with van der Waals surface area (Å²) in [4.78, 5) is 34.9. The number of esters is 1. The number of aliphatic carboxylic acids is 1. The fraction of sp³-hybridized carbons (Fsp3) is 0.786. The second-order valence-electron chi connectivity index (χ2n) is 6.23. The predicted molar refractivity (Wildman–Crippen MR) is 75.6 cm³/mol. The Morgan fingerprint density at radius 3 is 2.52 bits per heavy atom. The first kappa shape index (κ1) is 17.4. The fourth-order valence-corrected chi connectivity index (χ4v) is 2.12. The van der Waals surface area contributed by atoms with E-state index in [4.69, 9.17) is 9.84 Å². The average molecular weight is 300 g/mol. The molecule has 7 nitrogen and oxygen atoms in total. The molecule has 1 saturated heterocycles. The Hall–Kier alpha value is -1.63. The zero-order chi connectivity index (χ0) is 16.0. The van der Waals surface area contributed by atoms with E-state index in [1.54, 1.807) is 20.8 Å². The van der Waals surface area contributed by atoms with E-state index in [0.29, 0.717) is 6.54 Å². The third-order valence-electron chi connectivity index (χ3n) is 3.07. The number of carboxylic acid groups (broad SMARTS) is 1. The zero-order valence-corrected chi connectivity index (χ0v) is 12.8. The molecule has 1 fully saturated rings. The third-order valence-corrected chi connectivity index (χ3v) is 3.07. The van der Waals surface area contributed by atoms with Gasteiger partial charge in [0.05, 0.1) is 12.3 Å². The van der Waals surface area contributed by atoms with Gasteiger partial charge in [-0.2, -0.15) is 0 Å². The number of carbonyl (C=O) groups is 3. The summed E-state index contributed by atoms with van der Waals surface area (Å²) in [5.41, 5.74) is -0.683. The first-order valence-electron chi connectivity index (χ1n) is 7.15. The summed E-state index contributed by atoms with van der Waals surface area (Å²) in [5, 5.41) is 14.6. The Morgan fingerprint density at radius 1 is 1.38 bits per heavy atom. The Bertz CT molecular complexity index is 397. The minimum atomic E-state index is -1.26. The van der Waals surface area contributed by atoms with Crippen LogP contribution in [0.25, 0.3) is 0 Å². The van der Waals surface area contributed by atoms with Crippen LogP contribution in [0.15, 0.2) is 0 Å². The second kappa shape index (κ2) is 7.40. The Balaban J connectivity index is 2.55. The molecule has 0 bridgehead atoms. The van der Waals surface area contributed by atoms with Gasteiger partial charge in [-0.1, -0.05) is 0 Å². The van der Waals surface area contributed by atoms with Crippen molar-refractivity contribution in [3.63, 3.8) is 0 Å². The molecule has 0 aromatic carbocycles. The van der Waals surface area contributed by atoms with E-state index in [2.05, 4.69) is 10.6 Å².